The summed E-state index contributed by atoms with van der Waals surface area (Å²) in [7, 11) is 0. The van der Waals surface area contributed by atoms with E-state index >= 15 is 0 Å². The average molecular weight is 144 g/mol. The zero-order valence-corrected chi connectivity index (χ0v) is 6.28. The fourth-order valence-electron chi connectivity index (χ4n) is 0.235. The molecule has 0 saturated heterocycles. The molecule has 0 spiro atoms. The molecule has 6 nitrogen and oxygen atoms in total. The molecule has 0 unspecified atom stereocenters. The van der Waals surface area contributed by atoms with Crippen LogP contribution < -0.4 is 20.1 Å². The van der Waals surface area contributed by atoms with E-state index in [-0.39, 0.29) is 11.9 Å². The molecule has 0 aliphatic heterocycles. The fraction of sp³-hybridized carbons (Fsp3) is 0. The standard InChI is InChI=1S/2CH4N3.Al.H/c2*2-1(3)4;;/h2*(H4-,2,3,4);;/q2*-1;+2;. The number of nitrogens with two attached hydrogens (primary N) is 2. The van der Waals surface area contributed by atoms with Gasteiger partial charge < -0.3 is 20.1 Å². The van der Waals surface area contributed by atoms with Crippen molar-refractivity contribution in [3.05, 3.63) is 0 Å². The summed E-state index contributed by atoms with van der Waals surface area (Å²) in [6.45, 7) is 0. The second kappa shape index (κ2) is 4.00. The van der Waals surface area contributed by atoms with Crippen LogP contribution in [0.3, 0.4) is 0 Å². The van der Waals surface area contributed by atoms with E-state index in [0.29, 0.717) is 0 Å². The summed E-state index contributed by atoms with van der Waals surface area (Å²) in [6, 6.07) is 0. The Labute approximate surface area is 59.1 Å². The lowest BCUT2D eigenvalue weighted by Gasteiger charge is -2.00. The zero-order chi connectivity index (χ0) is 7.28. The zero-order valence-electron chi connectivity index (χ0n) is 4.86. The lowest BCUT2D eigenvalue weighted by Crippen LogP contribution is -2.45. The van der Waals surface area contributed by atoms with Gasteiger partial charge in [-0.1, -0.05) is 0 Å². The lowest BCUT2D eigenvalue weighted by atomic mass is 11.1. The van der Waals surface area contributed by atoms with Gasteiger partial charge in [0.05, 0.1) is 0 Å². The maximum atomic E-state index is 6.69. The molecule has 9 heavy (non-hydrogen) atoms. The monoisotopic (exact) mass is 144 g/mol. The highest BCUT2D eigenvalue weighted by atomic mass is 27.1. The van der Waals surface area contributed by atoms with Gasteiger partial charge in [-0.2, -0.15) is 0 Å². The Kier molecular flexibility index (Phi) is 3.59. The first kappa shape index (κ1) is 8.07. The molecule has 8 N–H and O–H groups in total. The molecule has 0 radical (unpaired) electrons. The molecule has 0 atom stereocenters. The Morgan fingerprint density at radius 1 is 1.11 bits per heavy atom. The Balaban J connectivity index is 3.10. The van der Waals surface area contributed by atoms with Crippen LogP contribution in [0.5, 0.6) is 0 Å². The molecule has 0 rings (SSSR count). The van der Waals surface area contributed by atoms with E-state index in [1.807, 2.05) is 0 Å². The predicted molar refractivity (Wildman–Crippen MR) is 37.2 cm³/mol. The molecule has 7 heteroatoms. The number of rotatable bonds is 2. The summed E-state index contributed by atoms with van der Waals surface area (Å²) in [5, 5.41) is 13.4. The van der Waals surface area contributed by atoms with Crippen molar-refractivity contribution in [3.8, 4) is 0 Å². The van der Waals surface area contributed by atoms with Gasteiger partial charge in [-0.15, -0.1) is 0 Å². The molecular formula is C2H9AlN6. The first-order valence-electron chi connectivity index (χ1n) is 2.28. The quantitative estimate of drug-likeness (QED) is 0.142. The van der Waals surface area contributed by atoms with Crippen molar-refractivity contribution in [2.24, 2.45) is 11.5 Å². The summed E-state index contributed by atoms with van der Waals surface area (Å²) in [5.41, 5.74) is 9.87. The van der Waals surface area contributed by atoms with Crippen LogP contribution in [0.4, 0.5) is 0 Å². The summed E-state index contributed by atoms with van der Waals surface area (Å²) >= 11 is -0.883. The van der Waals surface area contributed by atoms with Crippen LogP contribution in [0.25, 0.3) is 0 Å². The van der Waals surface area contributed by atoms with Crippen molar-refractivity contribution in [2.75, 3.05) is 0 Å². The average Bonchev–Trinajstić information content (AvgIpc) is 1.63. The Morgan fingerprint density at radius 2 is 1.44 bits per heavy atom. The number of guanidine groups is 2. The van der Waals surface area contributed by atoms with E-state index in [0.717, 1.165) is 0 Å². The van der Waals surface area contributed by atoms with E-state index in [1.54, 1.807) is 0 Å². The molecule has 0 heterocycles. The van der Waals surface area contributed by atoms with E-state index in [2.05, 4.69) is 8.60 Å². The highest BCUT2D eigenvalue weighted by Gasteiger charge is 1.93. The SMILES string of the molecule is N=C(N)[NH][AlH][NH]C(=N)N. The van der Waals surface area contributed by atoms with Crippen LogP contribution >= 0.6 is 0 Å². The van der Waals surface area contributed by atoms with Gasteiger partial charge >= 0.3 is 15.7 Å². The summed E-state index contributed by atoms with van der Waals surface area (Å²) < 4.78 is 5.09. The summed E-state index contributed by atoms with van der Waals surface area (Å²) in [5.74, 6) is -0.175. The van der Waals surface area contributed by atoms with Crippen LogP contribution in [0.15, 0.2) is 0 Å². The Morgan fingerprint density at radius 3 is 1.67 bits per heavy atom. The minimum Gasteiger partial charge on any atom is -0.432 e. The van der Waals surface area contributed by atoms with Gasteiger partial charge in [-0.05, 0) is 0 Å². The van der Waals surface area contributed by atoms with E-state index < -0.39 is 15.7 Å². The van der Waals surface area contributed by atoms with Gasteiger partial charge in [0.2, 0.25) is 0 Å². The molecule has 0 aliphatic carbocycles. The van der Waals surface area contributed by atoms with Crippen molar-refractivity contribution in [2.45, 2.75) is 0 Å². The Bertz CT molecular complexity index is 106. The highest BCUT2D eigenvalue weighted by Crippen LogP contribution is 1.45. The second-order valence-corrected chi connectivity index (χ2v) is 2.42. The maximum Gasteiger partial charge on any atom is 0.548 e. The normalized spacial score (nSPS) is 7.56. The lowest BCUT2D eigenvalue weighted by molar-refractivity contribution is 1.22. The molecule has 0 aliphatic rings. The summed E-state index contributed by atoms with van der Waals surface area (Å²) in [4.78, 5) is 0. The summed E-state index contributed by atoms with van der Waals surface area (Å²) in [6.07, 6.45) is 0. The number of hydrogen-bond acceptors (Lipinski definition) is 2. The van der Waals surface area contributed by atoms with Crippen LogP contribution in [0, 0.1) is 10.8 Å². The fourth-order valence-corrected chi connectivity index (χ4v) is 0.704. The highest BCUT2D eigenvalue weighted by molar-refractivity contribution is 6.38. The molecule has 0 fully saturated rings. The van der Waals surface area contributed by atoms with E-state index in [1.165, 1.54) is 0 Å². The third kappa shape index (κ3) is 7.07. The number of nitrogens with one attached hydrogen (secondary N) is 4. The van der Waals surface area contributed by atoms with Crippen LogP contribution in [-0.4, -0.2) is 27.6 Å². The second-order valence-electron chi connectivity index (χ2n) is 1.36. The third-order valence-corrected chi connectivity index (χ3v) is 1.67. The Hall–Kier alpha value is -0.928. The third-order valence-electron chi connectivity index (χ3n) is 0.558. The van der Waals surface area contributed by atoms with Gasteiger partial charge in [0.25, 0.3) is 0 Å². The van der Waals surface area contributed by atoms with Gasteiger partial charge in [0, 0.05) is 0 Å². The smallest absolute Gasteiger partial charge is 0.432 e. The molecule has 0 saturated carbocycles. The van der Waals surface area contributed by atoms with Gasteiger partial charge in [-0.25, -0.2) is 0 Å². The van der Waals surface area contributed by atoms with Crippen molar-refractivity contribution in [1.29, 1.82) is 10.8 Å². The van der Waals surface area contributed by atoms with Crippen molar-refractivity contribution >= 4 is 27.6 Å². The van der Waals surface area contributed by atoms with Crippen LogP contribution in [-0.2, 0) is 0 Å². The topological polar surface area (TPSA) is 124 Å². The van der Waals surface area contributed by atoms with Gasteiger partial charge in [-0.3, -0.25) is 10.8 Å². The molecule has 0 bridgehead atoms. The van der Waals surface area contributed by atoms with E-state index in [4.69, 9.17) is 22.3 Å². The molecule has 0 aromatic carbocycles. The van der Waals surface area contributed by atoms with Crippen molar-refractivity contribution in [1.82, 2.24) is 8.60 Å². The minimum absolute atomic E-state index is 0.0876. The molecule has 0 aromatic heterocycles. The first-order valence-corrected chi connectivity index (χ1v) is 3.70. The van der Waals surface area contributed by atoms with E-state index in [9.17, 15) is 0 Å². The molecule has 0 amide bonds. The first-order chi connectivity index (χ1) is 4.13. The van der Waals surface area contributed by atoms with Gasteiger partial charge in [0.15, 0.2) is 11.9 Å². The van der Waals surface area contributed by atoms with Crippen molar-refractivity contribution < 1.29 is 0 Å². The van der Waals surface area contributed by atoms with Gasteiger partial charge in [0.1, 0.15) is 0 Å². The molecule has 50 valence electrons. The largest absolute Gasteiger partial charge is 0.548 e. The minimum atomic E-state index is -0.883. The van der Waals surface area contributed by atoms with Crippen LogP contribution in [0.2, 0.25) is 0 Å². The predicted octanol–water partition coefficient (Wildman–Crippen LogP) is -2.78. The van der Waals surface area contributed by atoms with Crippen molar-refractivity contribution in [3.63, 3.8) is 0 Å². The molecular weight excluding hydrogens is 135 g/mol. The van der Waals surface area contributed by atoms with Crippen LogP contribution in [0.1, 0.15) is 0 Å². The molecule has 0 aromatic rings. The maximum absolute atomic E-state index is 6.69. The number of hydrogen-bond donors (Lipinski definition) is 6.